The van der Waals surface area contributed by atoms with Gasteiger partial charge in [0, 0.05) is 12.0 Å². The molecule has 1 atom stereocenters. The first-order valence-corrected chi connectivity index (χ1v) is 6.52. The number of hydrogen-bond donors (Lipinski definition) is 1. The van der Waals surface area contributed by atoms with Crippen LogP contribution in [0.1, 0.15) is 18.4 Å². The minimum Gasteiger partial charge on any atom is -1.00 e. The molecule has 0 saturated carbocycles. The summed E-state index contributed by atoms with van der Waals surface area (Å²) in [6.07, 6.45) is 3.66. The molecular weight excluding hydrogens is 360 g/mol. The smallest absolute Gasteiger partial charge is 0.244 e. The maximum Gasteiger partial charge on any atom is 0.244 e. The number of benzene rings is 1. The number of nitrogens with zero attached hydrogens (tertiary/aromatic N) is 1. The molecule has 1 heterocycles. The van der Waals surface area contributed by atoms with Gasteiger partial charge in [-0.25, -0.2) is 4.58 Å². The molecule has 0 fully saturated rings. The van der Waals surface area contributed by atoms with E-state index in [1.165, 1.54) is 5.56 Å². The van der Waals surface area contributed by atoms with Crippen molar-refractivity contribution >= 4 is 28.1 Å². The molecule has 2 N–H and O–H groups in total. The monoisotopic (exact) mass is 374 g/mol. The average Bonchev–Trinajstić information content (AvgIpc) is 2.30. The highest BCUT2D eigenvalue weighted by molar-refractivity contribution is 9.10. The summed E-state index contributed by atoms with van der Waals surface area (Å²) in [4.78, 5) is 11.4. The third kappa shape index (κ3) is 3.65. The van der Waals surface area contributed by atoms with Gasteiger partial charge < -0.3 is 22.7 Å². The summed E-state index contributed by atoms with van der Waals surface area (Å²) < 4.78 is 1.48. The van der Waals surface area contributed by atoms with Gasteiger partial charge in [-0.1, -0.05) is 46.3 Å². The number of carbonyl (C=O) groups is 1. The number of hydrogen-bond acceptors (Lipinski definition) is 1. The van der Waals surface area contributed by atoms with Crippen molar-refractivity contribution in [1.29, 1.82) is 0 Å². The van der Waals surface area contributed by atoms with Gasteiger partial charge >= 0.3 is 0 Å². The standard InChI is InChI=1S/C13H15BrN2O.BrH/c14-13(12(15)17)7-4-8-16(10-13)9-11-5-2-1-3-6-11;/h1-3,5-6,10H,4,7-9H2,(H-,15,17);1H. The van der Waals surface area contributed by atoms with Crippen LogP contribution in [0.25, 0.3) is 0 Å². The fraction of sp³-hybridized carbons (Fsp3) is 0.385. The van der Waals surface area contributed by atoms with Crippen LogP contribution in [0.2, 0.25) is 0 Å². The Balaban J connectivity index is 0.00000162. The molecule has 0 aromatic heterocycles. The summed E-state index contributed by atoms with van der Waals surface area (Å²) in [5.74, 6) is -0.310. The van der Waals surface area contributed by atoms with Gasteiger partial charge in [-0.2, -0.15) is 0 Å². The molecule has 0 spiro atoms. The number of halogens is 2. The molecule has 0 aliphatic carbocycles. The van der Waals surface area contributed by atoms with Crippen LogP contribution in [0, 0.1) is 0 Å². The zero-order valence-electron chi connectivity index (χ0n) is 9.98. The van der Waals surface area contributed by atoms with Crippen molar-refractivity contribution in [1.82, 2.24) is 0 Å². The molecular formula is C13H16Br2N2O. The van der Waals surface area contributed by atoms with Crippen LogP contribution in [-0.2, 0) is 11.3 Å². The molecule has 2 rings (SSSR count). The number of carbonyl (C=O) groups excluding carboxylic acids is 1. The molecule has 3 nitrogen and oxygen atoms in total. The van der Waals surface area contributed by atoms with Crippen molar-refractivity contribution in [2.24, 2.45) is 5.73 Å². The Bertz CT molecular complexity index is 448. The average molecular weight is 376 g/mol. The summed E-state index contributed by atoms with van der Waals surface area (Å²) in [6, 6.07) is 10.2. The van der Waals surface area contributed by atoms with E-state index in [9.17, 15) is 4.79 Å². The van der Waals surface area contributed by atoms with Crippen LogP contribution in [0.5, 0.6) is 0 Å². The van der Waals surface area contributed by atoms with Crippen molar-refractivity contribution in [3.05, 3.63) is 35.9 Å². The topological polar surface area (TPSA) is 46.1 Å². The van der Waals surface area contributed by atoms with Crippen molar-refractivity contribution < 1.29 is 26.4 Å². The Labute approximate surface area is 126 Å². The fourth-order valence-corrected chi connectivity index (χ4v) is 2.66. The van der Waals surface area contributed by atoms with E-state index in [2.05, 4.69) is 32.6 Å². The lowest BCUT2D eigenvalue weighted by atomic mass is 10.0. The van der Waals surface area contributed by atoms with Gasteiger partial charge in [0.15, 0.2) is 17.1 Å². The Kier molecular flexibility index (Phi) is 5.53. The second kappa shape index (κ2) is 6.48. The maximum absolute atomic E-state index is 11.4. The third-order valence-corrected chi connectivity index (χ3v) is 4.00. The minimum atomic E-state index is -0.667. The summed E-state index contributed by atoms with van der Waals surface area (Å²) in [5.41, 5.74) is 6.65. The van der Waals surface area contributed by atoms with Crippen molar-refractivity contribution in [3.8, 4) is 0 Å². The maximum atomic E-state index is 11.4. The molecule has 1 aliphatic heterocycles. The van der Waals surface area contributed by atoms with E-state index in [4.69, 9.17) is 5.73 Å². The van der Waals surface area contributed by atoms with Crippen LogP contribution in [0.3, 0.4) is 0 Å². The molecule has 1 aromatic carbocycles. The van der Waals surface area contributed by atoms with Gasteiger partial charge in [0.1, 0.15) is 6.54 Å². The third-order valence-electron chi connectivity index (χ3n) is 3.01. The summed E-state index contributed by atoms with van der Waals surface area (Å²) in [6.45, 7) is 1.79. The quantitative estimate of drug-likeness (QED) is 0.517. The lowest BCUT2D eigenvalue weighted by molar-refractivity contribution is -0.544. The highest BCUT2D eigenvalue weighted by Gasteiger charge is 2.38. The first kappa shape index (κ1) is 15.4. The molecule has 5 heteroatoms. The highest BCUT2D eigenvalue weighted by Crippen LogP contribution is 2.25. The molecule has 1 amide bonds. The van der Waals surface area contributed by atoms with E-state index < -0.39 is 4.32 Å². The zero-order chi connectivity index (χ0) is 12.3. The predicted octanol–water partition coefficient (Wildman–Crippen LogP) is -1.31. The van der Waals surface area contributed by atoms with Gasteiger partial charge in [-0.15, -0.1) is 0 Å². The second-order valence-electron chi connectivity index (χ2n) is 4.42. The predicted molar refractivity (Wildman–Crippen MR) is 71.4 cm³/mol. The molecule has 18 heavy (non-hydrogen) atoms. The Morgan fingerprint density at radius 3 is 2.67 bits per heavy atom. The van der Waals surface area contributed by atoms with E-state index in [0.717, 1.165) is 25.9 Å². The van der Waals surface area contributed by atoms with Crippen LogP contribution in [-0.4, -0.2) is 27.6 Å². The second-order valence-corrected chi connectivity index (χ2v) is 5.83. The van der Waals surface area contributed by atoms with Gasteiger partial charge in [0.25, 0.3) is 0 Å². The molecule has 0 saturated heterocycles. The van der Waals surface area contributed by atoms with Crippen molar-refractivity contribution in [3.63, 3.8) is 0 Å². The Morgan fingerprint density at radius 2 is 2.06 bits per heavy atom. The molecule has 1 aromatic rings. The fourth-order valence-electron chi connectivity index (χ4n) is 2.09. The first-order valence-electron chi connectivity index (χ1n) is 5.73. The Hall–Kier alpha value is -0.680. The van der Waals surface area contributed by atoms with E-state index in [1.54, 1.807) is 0 Å². The van der Waals surface area contributed by atoms with Crippen molar-refractivity contribution in [2.75, 3.05) is 6.54 Å². The number of rotatable bonds is 3. The Morgan fingerprint density at radius 1 is 1.39 bits per heavy atom. The molecule has 0 radical (unpaired) electrons. The molecule has 1 aliphatic rings. The normalized spacial score (nSPS) is 22.8. The van der Waals surface area contributed by atoms with Crippen LogP contribution >= 0.6 is 15.9 Å². The van der Waals surface area contributed by atoms with Crippen LogP contribution in [0.4, 0.5) is 0 Å². The van der Waals surface area contributed by atoms with E-state index >= 15 is 0 Å². The SMILES string of the molecule is NC(=O)C1(Br)C=[N+](Cc2ccccc2)CCC1.[Br-]. The van der Waals surface area contributed by atoms with Gasteiger partial charge in [-0.05, 0) is 6.42 Å². The number of alkyl halides is 1. The highest BCUT2D eigenvalue weighted by atomic mass is 79.9. The van der Waals surface area contributed by atoms with Gasteiger partial charge in [-0.3, -0.25) is 4.79 Å². The molecule has 98 valence electrons. The lowest BCUT2D eigenvalue weighted by Crippen LogP contribution is -3.00. The van der Waals surface area contributed by atoms with E-state index in [-0.39, 0.29) is 22.9 Å². The van der Waals surface area contributed by atoms with E-state index in [1.807, 2.05) is 24.4 Å². The van der Waals surface area contributed by atoms with E-state index in [0.29, 0.717) is 0 Å². The summed E-state index contributed by atoms with van der Waals surface area (Å²) >= 11 is 3.44. The minimum absolute atomic E-state index is 0. The number of primary amides is 1. The largest absolute Gasteiger partial charge is 1.00 e. The van der Waals surface area contributed by atoms with Crippen LogP contribution < -0.4 is 22.7 Å². The summed E-state index contributed by atoms with van der Waals surface area (Å²) in [5, 5.41) is 0. The van der Waals surface area contributed by atoms with Gasteiger partial charge in [0.05, 0.1) is 0 Å². The summed E-state index contributed by atoms with van der Waals surface area (Å²) in [7, 11) is 0. The zero-order valence-corrected chi connectivity index (χ0v) is 13.2. The van der Waals surface area contributed by atoms with Crippen LogP contribution in [0.15, 0.2) is 30.3 Å². The lowest BCUT2D eigenvalue weighted by Gasteiger charge is -2.22. The van der Waals surface area contributed by atoms with Crippen molar-refractivity contribution in [2.45, 2.75) is 23.7 Å². The number of amides is 1. The van der Waals surface area contributed by atoms with Gasteiger partial charge in [0.2, 0.25) is 5.91 Å². The molecule has 0 bridgehead atoms. The molecule has 1 unspecified atom stereocenters. The first-order chi connectivity index (χ1) is 8.10. The number of nitrogens with two attached hydrogens (primary N) is 1.